The minimum Gasteiger partial charge on any atom is -0.494 e. The number of anilines is 1. The first-order valence-electron chi connectivity index (χ1n) is 10.3. The van der Waals surface area contributed by atoms with Crippen LogP contribution in [0.2, 0.25) is 0 Å². The molecule has 1 amide bonds. The highest BCUT2D eigenvalue weighted by atomic mass is 32.2. The Hall–Kier alpha value is -2.85. The Morgan fingerprint density at radius 2 is 2.00 bits per heavy atom. The fraction of sp³-hybridized carbons (Fsp3) is 0.364. The summed E-state index contributed by atoms with van der Waals surface area (Å²) in [5.41, 5.74) is 2.42. The number of aryl methyl sites for hydroxylation is 1. The maximum atomic E-state index is 12.6. The summed E-state index contributed by atoms with van der Waals surface area (Å²) in [6, 6.07) is 7.65. The molecule has 0 bridgehead atoms. The van der Waals surface area contributed by atoms with Gasteiger partial charge in [0.1, 0.15) is 10.8 Å². The number of nitrogens with one attached hydrogen (secondary N) is 1. The number of amides is 1. The van der Waals surface area contributed by atoms with Gasteiger partial charge in [-0.05, 0) is 56.0 Å². The molecule has 10 heteroatoms. The number of rotatable bonds is 8. The van der Waals surface area contributed by atoms with E-state index in [1.807, 2.05) is 42.8 Å². The Bertz CT molecular complexity index is 1140. The van der Waals surface area contributed by atoms with Gasteiger partial charge in [-0.3, -0.25) is 4.79 Å². The first kappa shape index (κ1) is 22.3. The first-order chi connectivity index (χ1) is 15.5. The molecule has 1 aromatic carbocycles. The molecule has 8 nitrogen and oxygen atoms in total. The van der Waals surface area contributed by atoms with Crippen molar-refractivity contribution >= 4 is 40.0 Å². The van der Waals surface area contributed by atoms with E-state index in [2.05, 4.69) is 15.5 Å². The molecule has 0 atom stereocenters. The number of carbonyl (C=O) groups is 2. The summed E-state index contributed by atoms with van der Waals surface area (Å²) < 4.78 is 12.3. The Morgan fingerprint density at radius 1 is 1.22 bits per heavy atom. The summed E-state index contributed by atoms with van der Waals surface area (Å²) in [5, 5.41) is 12.6. The van der Waals surface area contributed by atoms with Crippen LogP contribution in [0, 0.1) is 0 Å². The van der Waals surface area contributed by atoms with E-state index in [-0.39, 0.29) is 11.7 Å². The Labute approximate surface area is 194 Å². The summed E-state index contributed by atoms with van der Waals surface area (Å²) in [6.07, 6.45) is 2.80. The van der Waals surface area contributed by atoms with Crippen LogP contribution in [0.25, 0.3) is 11.4 Å². The number of ether oxygens (including phenoxy) is 2. The lowest BCUT2D eigenvalue weighted by Gasteiger charge is -2.07. The highest BCUT2D eigenvalue weighted by Crippen LogP contribution is 2.39. The average Bonchev–Trinajstić information content (AvgIpc) is 3.47. The van der Waals surface area contributed by atoms with Crippen LogP contribution in [0.3, 0.4) is 0 Å². The number of nitrogens with zero attached hydrogens (tertiary/aromatic N) is 3. The monoisotopic (exact) mass is 472 g/mol. The number of thioether (sulfide) groups is 1. The minimum absolute atomic E-state index is 0.151. The molecule has 0 fully saturated rings. The fourth-order valence-electron chi connectivity index (χ4n) is 3.66. The summed E-state index contributed by atoms with van der Waals surface area (Å²) in [4.78, 5) is 26.0. The number of thiophene rings is 1. The quantitative estimate of drug-likeness (QED) is 0.392. The van der Waals surface area contributed by atoms with Gasteiger partial charge >= 0.3 is 5.97 Å². The molecule has 2 aromatic heterocycles. The van der Waals surface area contributed by atoms with E-state index in [1.54, 1.807) is 0 Å². The second-order valence-corrected chi connectivity index (χ2v) is 9.26. The van der Waals surface area contributed by atoms with Gasteiger partial charge in [0.05, 0.1) is 25.0 Å². The SMILES string of the molecule is CCOc1ccc(-c2nnc(SCC(=O)Nc3sc4c(c3C(=O)OC)CCC4)n2C)cc1. The Morgan fingerprint density at radius 3 is 2.72 bits per heavy atom. The molecule has 4 rings (SSSR count). The van der Waals surface area contributed by atoms with Gasteiger partial charge in [-0.15, -0.1) is 21.5 Å². The van der Waals surface area contributed by atoms with Crippen LogP contribution in [0.1, 0.15) is 34.1 Å². The van der Waals surface area contributed by atoms with Crippen LogP contribution in [0.15, 0.2) is 29.4 Å². The summed E-state index contributed by atoms with van der Waals surface area (Å²) >= 11 is 2.76. The molecule has 168 valence electrons. The number of carbonyl (C=O) groups excluding carboxylic acids is 2. The van der Waals surface area contributed by atoms with Crippen molar-refractivity contribution in [3.63, 3.8) is 0 Å². The Balaban J connectivity index is 1.42. The van der Waals surface area contributed by atoms with Crippen LogP contribution >= 0.6 is 23.1 Å². The second kappa shape index (κ2) is 9.74. The van der Waals surface area contributed by atoms with E-state index in [9.17, 15) is 9.59 Å². The number of aromatic nitrogens is 3. The van der Waals surface area contributed by atoms with E-state index in [4.69, 9.17) is 9.47 Å². The third kappa shape index (κ3) is 4.51. The minimum atomic E-state index is -0.402. The molecule has 3 aromatic rings. The van der Waals surface area contributed by atoms with Crippen LogP contribution in [-0.2, 0) is 29.4 Å². The third-order valence-corrected chi connectivity index (χ3v) is 7.38. The van der Waals surface area contributed by atoms with Crippen LogP contribution < -0.4 is 10.1 Å². The van der Waals surface area contributed by atoms with Crippen LogP contribution in [-0.4, -0.2) is 46.1 Å². The fourth-order valence-corrected chi connectivity index (χ4v) is 5.67. The number of benzene rings is 1. The van der Waals surface area contributed by atoms with Gasteiger partial charge in [0.15, 0.2) is 11.0 Å². The second-order valence-electron chi connectivity index (χ2n) is 7.21. The lowest BCUT2D eigenvalue weighted by atomic mass is 10.1. The van der Waals surface area contributed by atoms with Crippen molar-refractivity contribution in [3.8, 4) is 17.1 Å². The average molecular weight is 473 g/mol. The molecule has 0 saturated carbocycles. The number of hydrogen-bond acceptors (Lipinski definition) is 8. The van der Waals surface area contributed by atoms with E-state index in [1.165, 1.54) is 30.2 Å². The van der Waals surface area contributed by atoms with E-state index in [0.29, 0.717) is 28.2 Å². The summed E-state index contributed by atoms with van der Waals surface area (Å²) in [6.45, 7) is 2.55. The molecule has 0 saturated heterocycles. The van der Waals surface area contributed by atoms with Crippen molar-refractivity contribution < 1.29 is 19.1 Å². The molecule has 0 radical (unpaired) electrons. The van der Waals surface area contributed by atoms with Gasteiger partial charge in [-0.2, -0.15) is 0 Å². The van der Waals surface area contributed by atoms with Crippen molar-refractivity contribution in [1.29, 1.82) is 0 Å². The van der Waals surface area contributed by atoms with Crippen LogP contribution in [0.4, 0.5) is 5.00 Å². The molecule has 0 unspecified atom stereocenters. The smallest absolute Gasteiger partial charge is 0.341 e. The van der Waals surface area contributed by atoms with Crippen molar-refractivity contribution in [1.82, 2.24) is 14.8 Å². The lowest BCUT2D eigenvalue weighted by Crippen LogP contribution is -2.16. The number of fused-ring (bicyclic) bond motifs is 1. The highest BCUT2D eigenvalue weighted by molar-refractivity contribution is 7.99. The maximum absolute atomic E-state index is 12.6. The number of esters is 1. The third-order valence-electron chi connectivity index (χ3n) is 5.15. The Kier molecular flexibility index (Phi) is 6.80. The standard InChI is InChI=1S/C22H24N4O4S2/c1-4-30-14-10-8-13(9-11-14)19-24-25-22(26(19)2)31-12-17(27)23-20-18(21(28)29-3)15-6-5-7-16(15)32-20/h8-11H,4-7,12H2,1-3H3,(H,23,27). The first-order valence-corrected chi connectivity index (χ1v) is 12.1. The predicted molar refractivity (Wildman–Crippen MR) is 125 cm³/mol. The largest absolute Gasteiger partial charge is 0.494 e. The summed E-state index contributed by atoms with van der Waals surface area (Å²) in [7, 11) is 3.23. The highest BCUT2D eigenvalue weighted by Gasteiger charge is 2.28. The zero-order valence-electron chi connectivity index (χ0n) is 18.1. The van der Waals surface area contributed by atoms with Crippen molar-refractivity contribution in [2.24, 2.45) is 7.05 Å². The van der Waals surface area contributed by atoms with Gasteiger partial charge in [0, 0.05) is 17.5 Å². The zero-order valence-corrected chi connectivity index (χ0v) is 19.8. The zero-order chi connectivity index (χ0) is 22.7. The molecule has 1 aliphatic rings. The molecule has 0 aliphatic heterocycles. The maximum Gasteiger partial charge on any atom is 0.341 e. The number of hydrogen-bond donors (Lipinski definition) is 1. The van der Waals surface area contributed by atoms with Gasteiger partial charge in [0.2, 0.25) is 5.91 Å². The van der Waals surface area contributed by atoms with Gasteiger partial charge < -0.3 is 19.4 Å². The molecule has 32 heavy (non-hydrogen) atoms. The summed E-state index contributed by atoms with van der Waals surface area (Å²) in [5.74, 6) is 1.05. The predicted octanol–water partition coefficient (Wildman–Crippen LogP) is 3.95. The molecule has 1 aliphatic carbocycles. The molecule has 2 heterocycles. The normalized spacial score (nSPS) is 12.5. The number of methoxy groups -OCH3 is 1. The molecular formula is C22H24N4O4S2. The molecule has 0 spiro atoms. The van der Waals surface area contributed by atoms with E-state index in [0.717, 1.165) is 41.0 Å². The van der Waals surface area contributed by atoms with Gasteiger partial charge in [0.25, 0.3) is 0 Å². The van der Waals surface area contributed by atoms with Crippen LogP contribution in [0.5, 0.6) is 5.75 Å². The van der Waals surface area contributed by atoms with Crippen molar-refractivity contribution in [2.75, 3.05) is 24.8 Å². The van der Waals surface area contributed by atoms with Crippen molar-refractivity contribution in [2.45, 2.75) is 31.3 Å². The van der Waals surface area contributed by atoms with Crippen molar-refractivity contribution in [3.05, 3.63) is 40.3 Å². The lowest BCUT2D eigenvalue weighted by molar-refractivity contribution is -0.113. The van der Waals surface area contributed by atoms with E-state index >= 15 is 0 Å². The van der Waals surface area contributed by atoms with Gasteiger partial charge in [-0.25, -0.2) is 4.79 Å². The topological polar surface area (TPSA) is 95.3 Å². The molecule has 1 N–H and O–H groups in total. The molecular weight excluding hydrogens is 448 g/mol. The van der Waals surface area contributed by atoms with E-state index < -0.39 is 5.97 Å². The van der Waals surface area contributed by atoms with Gasteiger partial charge in [-0.1, -0.05) is 11.8 Å².